The molecule has 0 fully saturated rings. The van der Waals surface area contributed by atoms with Gasteiger partial charge in [0, 0.05) is 6.42 Å². The summed E-state index contributed by atoms with van der Waals surface area (Å²) >= 11 is 0. The van der Waals surface area contributed by atoms with Crippen LogP contribution in [0.3, 0.4) is 0 Å². The molecule has 0 aliphatic carbocycles. The zero-order valence-electron chi connectivity index (χ0n) is 29.7. The zero-order chi connectivity index (χ0) is 33.1. The molecule has 0 saturated carbocycles. The van der Waals surface area contributed by atoms with E-state index in [9.17, 15) is 20.1 Å². The number of carbonyl (C=O) groups excluding carboxylic acids is 1. The van der Waals surface area contributed by atoms with Crippen molar-refractivity contribution in [2.24, 2.45) is 0 Å². The number of unbranched alkanes of at least 4 members (excludes halogenated alkanes) is 20. The van der Waals surface area contributed by atoms with Crippen LogP contribution >= 0.6 is 0 Å². The lowest BCUT2D eigenvalue weighted by atomic mass is 10.0. The second kappa shape index (κ2) is 35.4. The van der Waals surface area contributed by atoms with E-state index < -0.39 is 18.2 Å². The number of rotatable bonds is 34. The summed E-state index contributed by atoms with van der Waals surface area (Å²) in [5.74, 6) is -0.165. The van der Waals surface area contributed by atoms with Crippen LogP contribution in [0.25, 0.3) is 0 Å². The lowest BCUT2D eigenvalue weighted by molar-refractivity contribution is -0.124. The monoisotopic (exact) mass is 634 g/mol. The number of carbonyl (C=O) groups is 1. The summed E-state index contributed by atoms with van der Waals surface area (Å²) in [7, 11) is 0. The van der Waals surface area contributed by atoms with E-state index in [-0.39, 0.29) is 12.5 Å². The first-order chi connectivity index (χ1) is 22.1. The number of amides is 1. The van der Waals surface area contributed by atoms with Gasteiger partial charge in [-0.15, -0.1) is 0 Å². The predicted octanol–water partition coefficient (Wildman–Crippen LogP) is 10.4. The van der Waals surface area contributed by atoms with Gasteiger partial charge >= 0.3 is 0 Å². The predicted molar refractivity (Wildman–Crippen MR) is 194 cm³/mol. The Bertz CT molecular complexity index is 704. The lowest BCUT2D eigenvalue weighted by Crippen LogP contribution is -2.50. The van der Waals surface area contributed by atoms with E-state index in [0.717, 1.165) is 44.9 Å². The summed E-state index contributed by atoms with van der Waals surface area (Å²) in [6.07, 6.45) is 42.3. The molecule has 5 nitrogen and oxygen atoms in total. The molecule has 0 rings (SSSR count). The van der Waals surface area contributed by atoms with Crippen molar-refractivity contribution in [2.45, 2.75) is 205 Å². The highest BCUT2D eigenvalue weighted by molar-refractivity contribution is 5.76. The van der Waals surface area contributed by atoms with Gasteiger partial charge in [0.25, 0.3) is 0 Å². The van der Waals surface area contributed by atoms with Gasteiger partial charge in [0.2, 0.25) is 5.91 Å². The number of nitrogens with one attached hydrogen (secondary N) is 1. The van der Waals surface area contributed by atoms with Crippen molar-refractivity contribution in [3.63, 3.8) is 0 Å². The lowest BCUT2D eigenvalue weighted by Gasteiger charge is -2.26. The highest BCUT2D eigenvalue weighted by Crippen LogP contribution is 2.13. The molecule has 0 aliphatic rings. The molecule has 45 heavy (non-hydrogen) atoms. The van der Waals surface area contributed by atoms with Crippen LogP contribution in [0.5, 0.6) is 0 Å². The van der Waals surface area contributed by atoms with Crippen LogP contribution in [0.1, 0.15) is 187 Å². The number of aliphatic hydroxyl groups excluding tert-OH is 3. The summed E-state index contributed by atoms with van der Waals surface area (Å²) < 4.78 is 0. The fourth-order valence-electron chi connectivity index (χ4n) is 5.64. The van der Waals surface area contributed by atoms with Crippen molar-refractivity contribution in [1.29, 1.82) is 0 Å². The normalized spacial score (nSPS) is 14.2. The number of hydrogen-bond acceptors (Lipinski definition) is 4. The standard InChI is InChI=1S/C40H75NO4/c1-3-5-7-9-11-13-15-17-19-20-21-23-25-27-29-31-33-35-39(44)41-37(36-42)40(45)38(43)34-32-30-28-26-24-22-18-16-14-12-10-8-6-4-2/h16-19,26,28,37-38,40,42-43,45H,3-15,20-25,27,29-36H2,1-2H3,(H,41,44)/b18-16+,19-17-,28-26+. The smallest absolute Gasteiger partial charge is 0.220 e. The average molecular weight is 634 g/mol. The molecule has 0 aliphatic heterocycles. The van der Waals surface area contributed by atoms with Crippen molar-refractivity contribution < 1.29 is 20.1 Å². The Balaban J connectivity index is 3.75. The molecule has 0 aromatic heterocycles. The van der Waals surface area contributed by atoms with Crippen LogP contribution < -0.4 is 5.32 Å². The minimum atomic E-state index is -1.17. The molecule has 0 radical (unpaired) electrons. The molecule has 0 aromatic carbocycles. The molecule has 0 saturated heterocycles. The summed E-state index contributed by atoms with van der Waals surface area (Å²) in [4.78, 5) is 12.4. The molecule has 0 bridgehead atoms. The SMILES string of the molecule is CCCCCCC/C=C/CC/C=C/CCCC(O)C(O)C(CO)NC(=O)CCCCCCCCC/C=C\CCCCCCCC. The first-order valence-corrected chi connectivity index (χ1v) is 19.3. The van der Waals surface area contributed by atoms with Gasteiger partial charge in [-0.3, -0.25) is 4.79 Å². The van der Waals surface area contributed by atoms with E-state index in [2.05, 4.69) is 55.6 Å². The maximum Gasteiger partial charge on any atom is 0.220 e. The van der Waals surface area contributed by atoms with Gasteiger partial charge in [0.15, 0.2) is 0 Å². The Kier molecular flexibility index (Phi) is 34.3. The third-order valence-electron chi connectivity index (χ3n) is 8.69. The molecule has 0 aromatic rings. The van der Waals surface area contributed by atoms with Crippen molar-refractivity contribution in [1.82, 2.24) is 5.32 Å². The van der Waals surface area contributed by atoms with Crippen molar-refractivity contribution in [2.75, 3.05) is 6.61 Å². The molecule has 3 atom stereocenters. The quantitative estimate of drug-likeness (QED) is 0.0419. The Morgan fingerprint density at radius 1 is 0.533 bits per heavy atom. The molecule has 1 amide bonds. The highest BCUT2D eigenvalue weighted by atomic mass is 16.3. The van der Waals surface area contributed by atoms with Crippen LogP contribution in [0.2, 0.25) is 0 Å². The average Bonchev–Trinajstić information content (AvgIpc) is 3.04. The molecular weight excluding hydrogens is 558 g/mol. The topological polar surface area (TPSA) is 89.8 Å². The Hall–Kier alpha value is -1.43. The van der Waals surface area contributed by atoms with E-state index >= 15 is 0 Å². The van der Waals surface area contributed by atoms with Crippen molar-refractivity contribution in [3.05, 3.63) is 36.5 Å². The van der Waals surface area contributed by atoms with E-state index in [1.807, 2.05) is 0 Å². The van der Waals surface area contributed by atoms with E-state index in [0.29, 0.717) is 12.8 Å². The first kappa shape index (κ1) is 43.6. The minimum Gasteiger partial charge on any atom is -0.394 e. The van der Waals surface area contributed by atoms with Gasteiger partial charge in [0.1, 0.15) is 6.10 Å². The fraction of sp³-hybridized carbons (Fsp3) is 0.825. The Labute approximate surface area is 279 Å². The highest BCUT2D eigenvalue weighted by Gasteiger charge is 2.26. The second-order valence-electron chi connectivity index (χ2n) is 13.1. The van der Waals surface area contributed by atoms with Crippen LogP contribution in [-0.2, 0) is 4.79 Å². The Morgan fingerprint density at radius 3 is 1.36 bits per heavy atom. The van der Waals surface area contributed by atoms with Gasteiger partial charge in [-0.25, -0.2) is 0 Å². The van der Waals surface area contributed by atoms with E-state index in [1.54, 1.807) is 0 Å². The minimum absolute atomic E-state index is 0.165. The maximum atomic E-state index is 12.4. The third-order valence-corrected chi connectivity index (χ3v) is 8.69. The second-order valence-corrected chi connectivity index (χ2v) is 13.1. The van der Waals surface area contributed by atoms with Crippen molar-refractivity contribution >= 4 is 5.91 Å². The molecule has 4 N–H and O–H groups in total. The van der Waals surface area contributed by atoms with Gasteiger partial charge < -0.3 is 20.6 Å². The number of hydrogen-bond donors (Lipinski definition) is 4. The summed E-state index contributed by atoms with van der Waals surface area (Å²) in [6, 6.07) is -0.832. The number of allylic oxidation sites excluding steroid dienone is 6. The fourth-order valence-corrected chi connectivity index (χ4v) is 5.64. The van der Waals surface area contributed by atoms with Crippen LogP contribution in [0.15, 0.2) is 36.5 Å². The summed E-state index contributed by atoms with van der Waals surface area (Å²) in [6.45, 7) is 4.12. The molecule has 5 heteroatoms. The maximum absolute atomic E-state index is 12.4. The van der Waals surface area contributed by atoms with E-state index in [4.69, 9.17) is 0 Å². The van der Waals surface area contributed by atoms with Gasteiger partial charge in [-0.05, 0) is 77.0 Å². The van der Waals surface area contributed by atoms with Gasteiger partial charge in [0.05, 0.1) is 18.8 Å². The molecular formula is C40H75NO4. The molecule has 264 valence electrons. The summed E-state index contributed by atoms with van der Waals surface area (Å²) in [5.41, 5.74) is 0. The molecule has 3 unspecified atom stereocenters. The van der Waals surface area contributed by atoms with Crippen LogP contribution in [-0.4, -0.2) is 46.1 Å². The third kappa shape index (κ3) is 31.0. The van der Waals surface area contributed by atoms with E-state index in [1.165, 1.54) is 116 Å². The Morgan fingerprint density at radius 2 is 0.911 bits per heavy atom. The molecule has 0 spiro atoms. The van der Waals surface area contributed by atoms with Crippen LogP contribution in [0.4, 0.5) is 0 Å². The van der Waals surface area contributed by atoms with Gasteiger partial charge in [-0.1, -0.05) is 140 Å². The first-order valence-electron chi connectivity index (χ1n) is 19.3. The van der Waals surface area contributed by atoms with Gasteiger partial charge in [-0.2, -0.15) is 0 Å². The van der Waals surface area contributed by atoms with Crippen molar-refractivity contribution in [3.8, 4) is 0 Å². The number of aliphatic hydroxyl groups is 3. The zero-order valence-corrected chi connectivity index (χ0v) is 29.7. The molecule has 0 heterocycles. The van der Waals surface area contributed by atoms with Crippen LogP contribution in [0, 0.1) is 0 Å². The summed E-state index contributed by atoms with van der Waals surface area (Å²) in [5, 5.41) is 33.3. The largest absolute Gasteiger partial charge is 0.394 e.